The van der Waals surface area contributed by atoms with Gasteiger partial charge in [0.15, 0.2) is 0 Å². The molecule has 0 N–H and O–H groups in total. The zero-order chi connectivity index (χ0) is 14.8. The van der Waals surface area contributed by atoms with Gasteiger partial charge in [0, 0.05) is 0 Å². The molecule has 0 saturated carbocycles. The Morgan fingerprint density at radius 2 is 1.90 bits per heavy atom. The zero-order valence-corrected chi connectivity index (χ0v) is 14.1. The van der Waals surface area contributed by atoms with Gasteiger partial charge in [0.05, 0.1) is 0 Å². The molecule has 0 aromatic heterocycles. The first-order valence-electron chi connectivity index (χ1n) is 6.70. The summed E-state index contributed by atoms with van der Waals surface area (Å²) < 4.78 is 27.0. The average Bonchev–Trinajstić information content (AvgIpc) is 2.47. The summed E-state index contributed by atoms with van der Waals surface area (Å²) in [4.78, 5) is 0. The normalized spacial score (nSPS) is 17.8. The third-order valence-electron chi connectivity index (χ3n) is 3.73. The molecule has 1 aliphatic rings. The van der Waals surface area contributed by atoms with Crippen LogP contribution in [-0.4, -0.2) is 31.6 Å². The molecule has 0 amide bonds. The van der Waals surface area contributed by atoms with Crippen LogP contribution in [0.5, 0.6) is 0 Å². The minimum absolute atomic E-state index is 0.175. The predicted octanol–water partition coefficient (Wildman–Crippen LogP) is 2.27. The first-order chi connectivity index (χ1) is 9.47. The molecule has 0 radical (unpaired) electrons. The van der Waals surface area contributed by atoms with Gasteiger partial charge >= 0.3 is 128 Å². The molecule has 0 unspecified atom stereocenters. The molecule has 0 bridgehead atoms. The standard InChI is InChI=1S/C14H18NO2S.CH3.Fe/c1-3-18(16,17)15-10-9-12(2)14(11-15)13-7-5-4-6-8-13;;/h5-8H,3,9-11H2,1-2H3;1H3;. The molecule has 0 aliphatic carbocycles. The van der Waals surface area contributed by atoms with Crippen molar-refractivity contribution in [3.05, 3.63) is 35.4 Å². The molecule has 0 fully saturated rings. The van der Waals surface area contributed by atoms with E-state index in [2.05, 4.69) is 37.0 Å². The fourth-order valence-electron chi connectivity index (χ4n) is 2.36. The van der Waals surface area contributed by atoms with Crippen LogP contribution in [0, 0.1) is 0 Å². The SMILES string of the molecule is CCS(=O)(=O)N1CCC(C)=C(c2cc[c]([Fe][CH3])cc2)C1. The molecular weight excluding hydrogens is 314 g/mol. The second-order valence-corrected chi connectivity index (χ2v) is 8.36. The van der Waals surface area contributed by atoms with Gasteiger partial charge in [-0.2, -0.15) is 0 Å². The van der Waals surface area contributed by atoms with Crippen LogP contribution < -0.4 is 4.46 Å². The quantitative estimate of drug-likeness (QED) is 0.792. The number of sulfonamides is 1. The molecule has 1 aliphatic heterocycles. The van der Waals surface area contributed by atoms with E-state index in [1.165, 1.54) is 10.0 Å². The van der Waals surface area contributed by atoms with Crippen molar-refractivity contribution >= 4 is 20.1 Å². The zero-order valence-electron chi connectivity index (χ0n) is 12.2. The van der Waals surface area contributed by atoms with Gasteiger partial charge in [-0.1, -0.05) is 0 Å². The van der Waals surface area contributed by atoms with E-state index < -0.39 is 10.0 Å². The molecule has 3 nitrogen and oxygen atoms in total. The molecule has 0 spiro atoms. The van der Waals surface area contributed by atoms with Crippen molar-refractivity contribution in [2.45, 2.75) is 26.1 Å². The summed E-state index contributed by atoms with van der Waals surface area (Å²) in [5.74, 6) is 2.31. The molecule has 0 atom stereocenters. The average molecular weight is 335 g/mol. The van der Waals surface area contributed by atoms with E-state index in [0.717, 1.165) is 32.5 Å². The topological polar surface area (TPSA) is 37.4 Å². The molecule has 1 heterocycles. The number of rotatable bonds is 4. The van der Waals surface area contributed by atoms with Crippen LogP contribution in [-0.2, 0) is 25.0 Å². The van der Waals surface area contributed by atoms with Crippen LogP contribution >= 0.6 is 0 Å². The van der Waals surface area contributed by atoms with E-state index in [1.807, 2.05) is 0 Å². The van der Waals surface area contributed by atoms with Crippen LogP contribution in [0.1, 0.15) is 25.8 Å². The molecule has 0 saturated heterocycles. The predicted molar refractivity (Wildman–Crippen MR) is 80.2 cm³/mol. The Labute approximate surface area is 128 Å². The Balaban J connectivity index is 2.29. The van der Waals surface area contributed by atoms with Gasteiger partial charge < -0.3 is 0 Å². The van der Waals surface area contributed by atoms with Crippen LogP contribution in [0.25, 0.3) is 5.57 Å². The van der Waals surface area contributed by atoms with E-state index in [9.17, 15) is 8.42 Å². The Morgan fingerprint density at radius 1 is 1.25 bits per heavy atom. The van der Waals surface area contributed by atoms with E-state index in [-0.39, 0.29) is 5.75 Å². The first-order valence-corrected chi connectivity index (χ1v) is 9.97. The molecule has 1 aromatic carbocycles. The van der Waals surface area contributed by atoms with Crippen molar-refractivity contribution in [3.8, 4) is 0 Å². The van der Waals surface area contributed by atoms with Gasteiger partial charge in [0.1, 0.15) is 0 Å². The van der Waals surface area contributed by atoms with Crippen molar-refractivity contribution in [3.63, 3.8) is 0 Å². The van der Waals surface area contributed by atoms with E-state index >= 15 is 0 Å². The number of nitrogens with zero attached hydrogens (tertiary/aromatic N) is 1. The molecule has 112 valence electrons. The fourth-order valence-corrected chi connectivity index (χ4v) is 3.97. The second kappa shape index (κ2) is 6.44. The van der Waals surface area contributed by atoms with Crippen LogP contribution in [0.15, 0.2) is 29.8 Å². The summed E-state index contributed by atoms with van der Waals surface area (Å²) in [6, 6.07) is 8.48. The maximum atomic E-state index is 12.0. The van der Waals surface area contributed by atoms with E-state index in [1.54, 1.807) is 11.2 Å². The van der Waals surface area contributed by atoms with Gasteiger partial charge in [0.2, 0.25) is 0 Å². The molecule has 5 heteroatoms. The Kier molecular flexibility index (Phi) is 5.08. The molecule has 1 aromatic rings. The van der Waals surface area contributed by atoms with Crippen molar-refractivity contribution < 1.29 is 23.4 Å². The van der Waals surface area contributed by atoms with Gasteiger partial charge in [0.25, 0.3) is 0 Å². The van der Waals surface area contributed by atoms with Crippen molar-refractivity contribution in [1.82, 2.24) is 4.31 Å². The van der Waals surface area contributed by atoms with E-state index in [4.69, 9.17) is 0 Å². The number of hydrogen-bond donors (Lipinski definition) is 0. The summed E-state index contributed by atoms with van der Waals surface area (Å²) in [6.45, 7) is 4.93. The Hall–Kier alpha value is -0.611. The minimum atomic E-state index is -3.10. The third-order valence-corrected chi connectivity index (χ3v) is 6.57. The van der Waals surface area contributed by atoms with Crippen LogP contribution in [0.4, 0.5) is 0 Å². The van der Waals surface area contributed by atoms with Gasteiger partial charge in [-0.25, -0.2) is 0 Å². The molecule has 20 heavy (non-hydrogen) atoms. The fraction of sp³-hybridized carbons (Fsp3) is 0.467. The maximum absolute atomic E-state index is 12.0. The monoisotopic (exact) mass is 335 g/mol. The van der Waals surface area contributed by atoms with Crippen molar-refractivity contribution in [2.75, 3.05) is 18.8 Å². The van der Waals surface area contributed by atoms with Gasteiger partial charge in [-0.05, 0) is 0 Å². The number of benzene rings is 1. The second-order valence-electron chi connectivity index (χ2n) is 4.91. The molecule has 2 rings (SSSR count). The van der Waals surface area contributed by atoms with Gasteiger partial charge in [-0.15, -0.1) is 0 Å². The van der Waals surface area contributed by atoms with Crippen LogP contribution in [0.3, 0.4) is 0 Å². The Morgan fingerprint density at radius 3 is 2.45 bits per heavy atom. The molecular formula is C15H21FeNO2S. The van der Waals surface area contributed by atoms with Gasteiger partial charge in [-0.3, -0.25) is 0 Å². The van der Waals surface area contributed by atoms with Crippen LogP contribution in [0.2, 0.25) is 5.82 Å². The summed E-state index contributed by atoms with van der Waals surface area (Å²) in [5.41, 5.74) is 3.61. The summed E-state index contributed by atoms with van der Waals surface area (Å²) in [5, 5.41) is 0. The first kappa shape index (κ1) is 15.8. The Bertz CT molecular complexity index is 605. The third kappa shape index (κ3) is 3.34. The number of hydrogen-bond acceptors (Lipinski definition) is 2. The summed E-state index contributed by atoms with van der Waals surface area (Å²) >= 11 is 1.02. The van der Waals surface area contributed by atoms with Crippen molar-refractivity contribution in [2.24, 2.45) is 0 Å². The summed E-state index contributed by atoms with van der Waals surface area (Å²) in [6.07, 6.45) is 0.824. The van der Waals surface area contributed by atoms with E-state index in [0.29, 0.717) is 13.1 Å². The van der Waals surface area contributed by atoms with Crippen molar-refractivity contribution in [1.29, 1.82) is 0 Å². The summed E-state index contributed by atoms with van der Waals surface area (Å²) in [7, 11) is -3.10.